The third-order valence-corrected chi connectivity index (χ3v) is 21.0. The number of amides is 6. The number of hydrogen-bond donors (Lipinski definition) is 4. The lowest BCUT2D eigenvalue weighted by Gasteiger charge is -2.41. The van der Waals surface area contributed by atoms with E-state index in [0.29, 0.717) is 57.9 Å². The number of benzene rings is 5. The molecule has 0 unspecified atom stereocenters. The molecule has 0 aromatic heterocycles. The number of imide groups is 2. The van der Waals surface area contributed by atoms with Crippen LogP contribution in [0.1, 0.15) is 216 Å². The lowest BCUT2D eigenvalue weighted by Crippen LogP contribution is -2.59. The Kier molecular flexibility index (Phi) is 18.8. The van der Waals surface area contributed by atoms with E-state index in [2.05, 4.69) is 29.8 Å². The van der Waals surface area contributed by atoms with Crippen LogP contribution in [0.25, 0.3) is 43.1 Å². The molecule has 5 aromatic carbocycles. The van der Waals surface area contributed by atoms with Gasteiger partial charge in [0.05, 0.1) is 44.5 Å². The normalized spacial score (nSPS) is 19.0. The predicted octanol–water partition coefficient (Wildman–Crippen LogP) is 10.3. The molecule has 1 saturated heterocycles. The molecule has 1 saturated carbocycles. The molecule has 0 bridgehead atoms. The lowest BCUT2D eigenvalue weighted by molar-refractivity contribution is -0.137. The minimum Gasteiger partial charge on any atom is -0.481 e. The predicted molar refractivity (Wildman–Crippen MR) is 313 cm³/mol. The summed E-state index contributed by atoms with van der Waals surface area (Å²) in [5.74, 6) is -6.13. The number of carbonyl (C=O) groups is 7. The number of sulfone groups is 2. The molecular formula is C62H79N5O12S2. The monoisotopic (exact) mass is 1150 g/mol. The molecule has 436 valence electrons. The molecule has 3 heterocycles. The molecule has 4 N–H and O–H groups in total. The molecule has 0 radical (unpaired) electrons. The Morgan fingerprint density at radius 3 is 1.63 bits per heavy atom. The number of carbonyl (C=O) groups excluding carboxylic acids is 6. The zero-order valence-corrected chi connectivity index (χ0v) is 48.9. The van der Waals surface area contributed by atoms with Crippen molar-refractivity contribution < 1.29 is 55.5 Å². The molecule has 3 aliphatic heterocycles. The fourth-order valence-electron chi connectivity index (χ4n) is 13.2. The first kappa shape index (κ1) is 59.6. The third-order valence-electron chi connectivity index (χ3n) is 17.4. The first-order valence-electron chi connectivity index (χ1n) is 30.0. The van der Waals surface area contributed by atoms with Crippen molar-refractivity contribution in [2.45, 2.75) is 209 Å². The molecule has 17 nitrogen and oxygen atoms in total. The highest BCUT2D eigenvalue weighted by Gasteiger charge is 2.46. The summed E-state index contributed by atoms with van der Waals surface area (Å²) in [6, 6.07) is 5.33. The van der Waals surface area contributed by atoms with Crippen molar-refractivity contribution in [2.24, 2.45) is 0 Å². The Morgan fingerprint density at radius 2 is 1.09 bits per heavy atom. The summed E-state index contributed by atoms with van der Waals surface area (Å²) in [7, 11) is -8.70. The summed E-state index contributed by atoms with van der Waals surface area (Å²) < 4.78 is 61.4. The number of carboxylic acid groups (broad SMARTS) is 1. The van der Waals surface area contributed by atoms with E-state index < -0.39 is 92.2 Å². The number of aliphatic carboxylic acids is 1. The lowest BCUT2D eigenvalue weighted by atomic mass is 9.81. The van der Waals surface area contributed by atoms with Gasteiger partial charge >= 0.3 is 5.97 Å². The molecule has 4 atom stereocenters. The zero-order valence-electron chi connectivity index (χ0n) is 47.2. The quantitative estimate of drug-likeness (QED) is 0.0151. The van der Waals surface area contributed by atoms with Crippen LogP contribution in [0.3, 0.4) is 0 Å². The van der Waals surface area contributed by atoms with E-state index in [1.165, 1.54) is 35.2 Å². The van der Waals surface area contributed by atoms with Crippen LogP contribution in [-0.4, -0.2) is 122 Å². The van der Waals surface area contributed by atoms with Crippen molar-refractivity contribution in [3.63, 3.8) is 0 Å². The van der Waals surface area contributed by atoms with Crippen LogP contribution >= 0.6 is 0 Å². The maximum Gasteiger partial charge on any atom is 0.303 e. The van der Waals surface area contributed by atoms with Crippen molar-refractivity contribution in [1.29, 1.82) is 0 Å². The molecule has 6 amide bonds. The summed E-state index contributed by atoms with van der Waals surface area (Å²) in [5.41, 5.74) is -0.264. The average molecular weight is 1150 g/mol. The van der Waals surface area contributed by atoms with Gasteiger partial charge in [-0.05, 0) is 92.9 Å². The minimum atomic E-state index is -4.37. The number of fused-ring (bicyclic) bond motifs is 2. The van der Waals surface area contributed by atoms with E-state index in [1.54, 1.807) is 6.07 Å². The summed E-state index contributed by atoms with van der Waals surface area (Å²) in [6.45, 7) is 7.12. The van der Waals surface area contributed by atoms with Gasteiger partial charge in [-0.3, -0.25) is 43.4 Å². The van der Waals surface area contributed by atoms with Crippen molar-refractivity contribution >= 4 is 104 Å². The van der Waals surface area contributed by atoms with Crippen LogP contribution in [0.15, 0.2) is 46.2 Å². The summed E-state index contributed by atoms with van der Waals surface area (Å²) in [4.78, 5) is 103. The van der Waals surface area contributed by atoms with Crippen LogP contribution < -0.4 is 16.0 Å². The highest BCUT2D eigenvalue weighted by atomic mass is 32.2. The second-order valence-corrected chi connectivity index (χ2v) is 27.1. The number of nitrogens with one attached hydrogen (secondary N) is 3. The molecular weight excluding hydrogens is 1070 g/mol. The molecule has 81 heavy (non-hydrogen) atoms. The summed E-state index contributed by atoms with van der Waals surface area (Å²) in [5, 5.41) is 20.1. The smallest absolute Gasteiger partial charge is 0.303 e. The van der Waals surface area contributed by atoms with Crippen molar-refractivity contribution in [3.05, 3.63) is 58.7 Å². The molecule has 4 aliphatic rings. The zero-order chi connectivity index (χ0) is 57.8. The van der Waals surface area contributed by atoms with Gasteiger partial charge in [-0.15, -0.1) is 0 Å². The molecule has 9 rings (SSSR count). The number of hydrogen-bond acceptors (Lipinski definition) is 12. The number of unbranched alkanes of at least 4 members (excludes halogenated alkanes) is 13. The van der Waals surface area contributed by atoms with Crippen molar-refractivity contribution in [1.82, 2.24) is 25.8 Å². The SMILES string of the molecule is CCCCCCCCS(=O)(=O)c1cc2c3c(ccc4c5c(S(=O)(=O)CCCCCCCC)cc6c7c(ccc(c1c34)c75)C(=O)N([C@@H](CCC(=O)O)C(=O)NCCCCCC)C6=O)C(=O)N([C@@H]1CCCC[C@H]1NC(=O)[C@@H]1CCCN1)C2=O. The highest BCUT2D eigenvalue weighted by Crippen LogP contribution is 2.51. The topological polar surface area (TPSA) is 251 Å². The fourth-order valence-corrected chi connectivity index (χ4v) is 16.4. The summed E-state index contributed by atoms with van der Waals surface area (Å²) in [6.07, 6.45) is 15.3. The second-order valence-electron chi connectivity index (χ2n) is 23.0. The van der Waals surface area contributed by atoms with Gasteiger partial charge in [0.2, 0.25) is 11.8 Å². The Bertz CT molecular complexity index is 3500. The van der Waals surface area contributed by atoms with Gasteiger partial charge in [-0.1, -0.05) is 129 Å². The minimum absolute atomic E-state index is 0.0408. The van der Waals surface area contributed by atoms with Gasteiger partial charge in [-0.2, -0.15) is 0 Å². The number of nitrogens with zero attached hydrogens (tertiary/aromatic N) is 2. The van der Waals surface area contributed by atoms with Crippen molar-refractivity contribution in [3.8, 4) is 0 Å². The fraction of sp³-hybridized carbons (Fsp3) is 0.565. The molecule has 19 heteroatoms. The maximum atomic E-state index is 15.5. The van der Waals surface area contributed by atoms with E-state index in [4.69, 9.17) is 0 Å². The van der Waals surface area contributed by atoms with Crippen LogP contribution in [0.2, 0.25) is 0 Å². The van der Waals surface area contributed by atoms with E-state index >= 15 is 36.0 Å². The molecule has 1 aliphatic carbocycles. The average Bonchev–Trinajstić information content (AvgIpc) is 1.19. The van der Waals surface area contributed by atoms with Gasteiger partial charge in [-0.25, -0.2) is 16.8 Å². The van der Waals surface area contributed by atoms with E-state index in [0.717, 1.165) is 88.4 Å². The Labute approximate surface area is 475 Å². The van der Waals surface area contributed by atoms with E-state index in [1.807, 2.05) is 6.92 Å². The van der Waals surface area contributed by atoms with E-state index in [9.17, 15) is 19.5 Å². The van der Waals surface area contributed by atoms with Gasteiger partial charge in [0.1, 0.15) is 6.04 Å². The van der Waals surface area contributed by atoms with Crippen LogP contribution in [0.5, 0.6) is 0 Å². The first-order valence-corrected chi connectivity index (χ1v) is 33.3. The van der Waals surface area contributed by atoms with Gasteiger partial charge in [0.15, 0.2) is 19.7 Å². The molecule has 0 spiro atoms. The standard InChI is InChI=1S/C62H79N5O12S2/c1-4-7-10-13-15-20-34-80(76,77)48-36-42-51-40(59(72)66(61(42)74)46-25-18-17-23-44(46)65-57(70)45-24-22-33-63-45)28-26-38-54-49(81(78,79)35-21-16-14-11-8-5-2)37-43-52-41(29-27-39(56(52)54)53(48)55(38)51)60(73)67(62(43)75)47(30-31-50(68)69)58(71)64-32-19-12-9-6-3/h26-29,36-37,44-47,63H,4-25,30-35H2,1-3H3,(H,64,71)(H,65,70)(H,68,69)/t44-,45+,46-,47+/m1/s1. The first-order chi connectivity index (χ1) is 39.0. The second kappa shape index (κ2) is 25.6. The van der Waals surface area contributed by atoms with E-state index in [-0.39, 0.29) is 106 Å². The third kappa shape index (κ3) is 11.8. The van der Waals surface area contributed by atoms with Gasteiger partial charge in [0.25, 0.3) is 23.6 Å². The van der Waals surface area contributed by atoms with Crippen LogP contribution in [-0.2, 0) is 34.1 Å². The van der Waals surface area contributed by atoms with Crippen LogP contribution in [0, 0.1) is 0 Å². The van der Waals surface area contributed by atoms with Gasteiger partial charge in [0, 0.05) is 62.5 Å². The van der Waals surface area contributed by atoms with Crippen LogP contribution in [0.4, 0.5) is 0 Å². The molecule has 5 aromatic rings. The number of carboxylic acids is 1. The largest absolute Gasteiger partial charge is 0.481 e. The Morgan fingerprint density at radius 1 is 0.593 bits per heavy atom. The Hall–Kier alpha value is -6.05. The Balaban J connectivity index is 1.28. The highest BCUT2D eigenvalue weighted by molar-refractivity contribution is 7.92. The maximum absolute atomic E-state index is 15.5. The summed E-state index contributed by atoms with van der Waals surface area (Å²) >= 11 is 0. The molecule has 2 fully saturated rings. The van der Waals surface area contributed by atoms with Gasteiger partial charge < -0.3 is 21.1 Å². The van der Waals surface area contributed by atoms with Crippen molar-refractivity contribution in [2.75, 3.05) is 24.6 Å². The number of rotatable bonds is 29.